The Labute approximate surface area is 186 Å². The maximum absolute atomic E-state index is 12.4. The van der Waals surface area contributed by atoms with Crippen LogP contribution in [0.4, 0.5) is 0 Å². The minimum Gasteiger partial charge on any atom is -0.459 e. The minimum atomic E-state index is -0.0598. The molecule has 0 saturated carbocycles. The van der Waals surface area contributed by atoms with Gasteiger partial charge in [-0.15, -0.1) is 24.0 Å². The van der Waals surface area contributed by atoms with Gasteiger partial charge in [-0.1, -0.05) is 6.07 Å². The summed E-state index contributed by atoms with van der Waals surface area (Å²) in [5.41, 5.74) is 1.18. The van der Waals surface area contributed by atoms with Crippen molar-refractivity contribution < 1.29 is 18.7 Å². The molecule has 0 bridgehead atoms. The van der Waals surface area contributed by atoms with Gasteiger partial charge in [0, 0.05) is 39.8 Å². The molecule has 2 aliphatic rings. The predicted molar refractivity (Wildman–Crippen MR) is 119 cm³/mol. The number of rotatable bonds is 4. The molecule has 9 heteroatoms. The van der Waals surface area contributed by atoms with Crippen molar-refractivity contribution in [3.63, 3.8) is 0 Å². The van der Waals surface area contributed by atoms with Crippen molar-refractivity contribution >= 4 is 35.8 Å². The molecule has 1 aromatic heterocycles. The second-order valence-corrected chi connectivity index (χ2v) is 6.67. The van der Waals surface area contributed by atoms with Crippen LogP contribution >= 0.6 is 24.0 Å². The van der Waals surface area contributed by atoms with Crippen LogP contribution in [0.1, 0.15) is 16.1 Å². The molecule has 1 fully saturated rings. The van der Waals surface area contributed by atoms with Crippen LogP contribution in [0.2, 0.25) is 0 Å². The average Bonchev–Trinajstić information content (AvgIpc) is 3.42. The molecule has 29 heavy (non-hydrogen) atoms. The third kappa shape index (κ3) is 4.95. The zero-order valence-corrected chi connectivity index (χ0v) is 18.6. The first-order valence-corrected chi connectivity index (χ1v) is 9.41. The highest BCUT2D eigenvalue weighted by Crippen LogP contribution is 2.32. The minimum absolute atomic E-state index is 0. The summed E-state index contributed by atoms with van der Waals surface area (Å²) in [6, 6.07) is 9.45. The number of carbonyl (C=O) groups is 1. The summed E-state index contributed by atoms with van der Waals surface area (Å²) in [4.78, 5) is 20.7. The van der Waals surface area contributed by atoms with Crippen molar-refractivity contribution in [1.29, 1.82) is 0 Å². The fraction of sp³-hybridized carbons (Fsp3) is 0.400. The van der Waals surface area contributed by atoms with Gasteiger partial charge in [0.2, 0.25) is 6.79 Å². The van der Waals surface area contributed by atoms with E-state index in [1.807, 2.05) is 17.0 Å². The lowest BCUT2D eigenvalue weighted by atomic mass is 10.1. The summed E-state index contributed by atoms with van der Waals surface area (Å²) < 4.78 is 16.0. The third-order valence-electron chi connectivity index (χ3n) is 4.94. The predicted octanol–water partition coefficient (Wildman–Crippen LogP) is 2.20. The van der Waals surface area contributed by atoms with Crippen LogP contribution in [-0.2, 0) is 6.42 Å². The van der Waals surface area contributed by atoms with Crippen LogP contribution in [0.5, 0.6) is 11.5 Å². The van der Waals surface area contributed by atoms with E-state index >= 15 is 0 Å². The summed E-state index contributed by atoms with van der Waals surface area (Å²) in [6.07, 6.45) is 2.38. The molecule has 156 valence electrons. The van der Waals surface area contributed by atoms with Gasteiger partial charge in [0.05, 0.1) is 6.26 Å². The molecule has 1 amide bonds. The zero-order valence-electron chi connectivity index (χ0n) is 16.3. The highest BCUT2D eigenvalue weighted by molar-refractivity contribution is 14.0. The van der Waals surface area contributed by atoms with E-state index in [0.29, 0.717) is 18.8 Å². The molecule has 2 aromatic rings. The summed E-state index contributed by atoms with van der Waals surface area (Å²) in [5, 5.41) is 3.41. The van der Waals surface area contributed by atoms with Gasteiger partial charge in [-0.2, -0.15) is 0 Å². The Morgan fingerprint density at radius 2 is 1.86 bits per heavy atom. The standard InChI is InChI=1S/C20H24N4O4.HI/c1-21-20(22-7-6-15-4-5-16-18(13-15)28-14-27-16)24-10-8-23(9-11-24)19(25)17-3-2-12-26-17;/h2-5,12-13H,6-11,14H2,1H3,(H,21,22);1H. The second kappa shape index (κ2) is 9.86. The second-order valence-electron chi connectivity index (χ2n) is 6.67. The van der Waals surface area contributed by atoms with Gasteiger partial charge in [0.25, 0.3) is 5.91 Å². The van der Waals surface area contributed by atoms with Crippen molar-refractivity contribution in [3.8, 4) is 11.5 Å². The number of carbonyl (C=O) groups excluding carboxylic acids is 1. The van der Waals surface area contributed by atoms with Crippen LogP contribution in [0.25, 0.3) is 0 Å². The van der Waals surface area contributed by atoms with E-state index in [-0.39, 0.29) is 36.7 Å². The Hall–Kier alpha value is -2.43. The first kappa shape index (κ1) is 21.3. The Balaban J connectivity index is 0.00000240. The topological polar surface area (TPSA) is 79.5 Å². The molecule has 1 aromatic carbocycles. The number of nitrogens with zero attached hydrogens (tertiary/aromatic N) is 3. The van der Waals surface area contributed by atoms with E-state index in [0.717, 1.165) is 43.5 Å². The molecule has 8 nitrogen and oxygen atoms in total. The smallest absolute Gasteiger partial charge is 0.289 e. The quantitative estimate of drug-likeness (QED) is 0.385. The average molecular weight is 512 g/mol. The van der Waals surface area contributed by atoms with Crippen molar-refractivity contribution in [3.05, 3.63) is 47.9 Å². The van der Waals surface area contributed by atoms with Crippen LogP contribution in [-0.4, -0.2) is 68.2 Å². The Bertz CT molecular complexity index is 848. The Morgan fingerprint density at radius 3 is 2.59 bits per heavy atom. The molecule has 0 aliphatic carbocycles. The molecule has 1 N–H and O–H groups in total. The molecular formula is C20H25IN4O4. The van der Waals surface area contributed by atoms with E-state index in [4.69, 9.17) is 13.9 Å². The molecule has 2 aliphatic heterocycles. The lowest BCUT2D eigenvalue weighted by molar-refractivity contribution is 0.0658. The number of benzene rings is 1. The number of aliphatic imine (C=N–C) groups is 1. The maximum atomic E-state index is 12.4. The highest BCUT2D eigenvalue weighted by Gasteiger charge is 2.25. The molecule has 0 unspecified atom stereocenters. The van der Waals surface area contributed by atoms with E-state index in [1.165, 1.54) is 11.8 Å². The van der Waals surface area contributed by atoms with Crippen LogP contribution in [0, 0.1) is 0 Å². The number of guanidine groups is 1. The number of hydrogen-bond acceptors (Lipinski definition) is 5. The Kier molecular flexibility index (Phi) is 7.24. The van der Waals surface area contributed by atoms with E-state index in [9.17, 15) is 4.79 Å². The molecular weight excluding hydrogens is 487 g/mol. The molecule has 3 heterocycles. The van der Waals surface area contributed by atoms with Gasteiger partial charge in [0.15, 0.2) is 23.2 Å². The van der Waals surface area contributed by atoms with E-state index < -0.39 is 0 Å². The summed E-state index contributed by atoms with van der Waals surface area (Å²) >= 11 is 0. The number of nitrogens with one attached hydrogen (secondary N) is 1. The number of piperazine rings is 1. The molecule has 0 atom stereocenters. The largest absolute Gasteiger partial charge is 0.459 e. The maximum Gasteiger partial charge on any atom is 0.289 e. The Morgan fingerprint density at radius 1 is 1.10 bits per heavy atom. The number of ether oxygens (including phenoxy) is 2. The molecule has 0 spiro atoms. The van der Waals surface area contributed by atoms with Crippen LogP contribution in [0.15, 0.2) is 46.0 Å². The third-order valence-corrected chi connectivity index (χ3v) is 4.94. The number of fused-ring (bicyclic) bond motifs is 1. The highest BCUT2D eigenvalue weighted by atomic mass is 127. The SMILES string of the molecule is CN=C(NCCc1ccc2c(c1)OCO2)N1CCN(C(=O)c2ccco2)CC1.I. The fourth-order valence-electron chi connectivity index (χ4n) is 3.42. The van der Waals surface area contributed by atoms with Crippen molar-refractivity contribution in [2.45, 2.75) is 6.42 Å². The van der Waals surface area contributed by atoms with Crippen molar-refractivity contribution in [2.24, 2.45) is 4.99 Å². The van der Waals surface area contributed by atoms with Gasteiger partial charge in [-0.05, 0) is 36.2 Å². The lowest BCUT2D eigenvalue weighted by Crippen LogP contribution is -2.53. The van der Waals surface area contributed by atoms with E-state index in [1.54, 1.807) is 19.2 Å². The number of hydrogen-bond donors (Lipinski definition) is 1. The summed E-state index contributed by atoms with van der Waals surface area (Å²) in [7, 11) is 1.78. The molecule has 0 radical (unpaired) electrons. The zero-order chi connectivity index (χ0) is 19.3. The van der Waals surface area contributed by atoms with Gasteiger partial charge in [-0.3, -0.25) is 9.79 Å². The van der Waals surface area contributed by atoms with Gasteiger partial charge in [-0.25, -0.2) is 0 Å². The van der Waals surface area contributed by atoms with E-state index in [2.05, 4.69) is 21.3 Å². The van der Waals surface area contributed by atoms with Gasteiger partial charge < -0.3 is 29.0 Å². The van der Waals surface area contributed by atoms with Gasteiger partial charge in [0.1, 0.15) is 0 Å². The number of furan rings is 1. The normalized spacial score (nSPS) is 15.8. The number of amides is 1. The van der Waals surface area contributed by atoms with Crippen molar-refractivity contribution in [1.82, 2.24) is 15.1 Å². The molecule has 1 saturated heterocycles. The summed E-state index contributed by atoms with van der Waals surface area (Å²) in [6.45, 7) is 3.80. The summed E-state index contributed by atoms with van der Waals surface area (Å²) in [5.74, 6) is 2.79. The fourth-order valence-corrected chi connectivity index (χ4v) is 3.42. The first-order valence-electron chi connectivity index (χ1n) is 9.41. The number of halogens is 1. The molecule has 4 rings (SSSR count). The first-order chi connectivity index (χ1) is 13.7. The van der Waals surface area contributed by atoms with Crippen LogP contribution in [0.3, 0.4) is 0 Å². The van der Waals surface area contributed by atoms with Gasteiger partial charge >= 0.3 is 0 Å². The lowest BCUT2D eigenvalue weighted by Gasteiger charge is -2.36. The monoisotopic (exact) mass is 512 g/mol. The van der Waals surface area contributed by atoms with Crippen LogP contribution < -0.4 is 14.8 Å². The van der Waals surface area contributed by atoms with Crippen molar-refractivity contribution in [2.75, 3.05) is 46.6 Å².